The van der Waals surface area contributed by atoms with Crippen molar-refractivity contribution in [3.05, 3.63) is 63.6 Å². The van der Waals surface area contributed by atoms with E-state index in [1.54, 1.807) is 0 Å². The molecule has 2 aromatic rings. The molecular formula is C14H11BrF2O2. The number of rotatable bonds is 3. The summed E-state index contributed by atoms with van der Waals surface area (Å²) in [5.41, 5.74) is 0.734. The summed E-state index contributed by atoms with van der Waals surface area (Å²) < 4.78 is 31.7. The minimum absolute atomic E-state index is 0.236. The number of hydrogen-bond donors (Lipinski definition) is 1. The fourth-order valence-corrected chi connectivity index (χ4v) is 2.18. The Balaban J connectivity index is 2.45. The number of ether oxygens (including phenoxy) is 1. The first-order valence-corrected chi connectivity index (χ1v) is 6.28. The van der Waals surface area contributed by atoms with Crippen LogP contribution < -0.4 is 4.74 Å². The quantitative estimate of drug-likeness (QED) is 0.928. The molecule has 1 unspecified atom stereocenters. The molecule has 0 saturated carbocycles. The minimum atomic E-state index is -1.09. The van der Waals surface area contributed by atoms with E-state index in [0.29, 0.717) is 16.9 Å². The van der Waals surface area contributed by atoms with E-state index in [0.717, 1.165) is 0 Å². The van der Waals surface area contributed by atoms with Gasteiger partial charge < -0.3 is 9.84 Å². The Bertz CT molecular complexity index is 602. The summed E-state index contributed by atoms with van der Waals surface area (Å²) in [6.07, 6.45) is -1.09. The van der Waals surface area contributed by atoms with Crippen molar-refractivity contribution < 1.29 is 18.6 Å². The number of halogens is 3. The maximum absolute atomic E-state index is 13.3. The largest absolute Gasteiger partial charge is 0.496 e. The molecule has 0 amide bonds. The van der Waals surface area contributed by atoms with Gasteiger partial charge in [-0.2, -0.15) is 0 Å². The first-order valence-electron chi connectivity index (χ1n) is 5.49. The highest BCUT2D eigenvalue weighted by molar-refractivity contribution is 9.10. The molecular weight excluding hydrogens is 318 g/mol. The molecule has 0 bridgehead atoms. The van der Waals surface area contributed by atoms with Crippen LogP contribution in [0.25, 0.3) is 0 Å². The monoisotopic (exact) mass is 328 g/mol. The van der Waals surface area contributed by atoms with E-state index in [4.69, 9.17) is 4.74 Å². The molecule has 0 heterocycles. The highest BCUT2D eigenvalue weighted by Crippen LogP contribution is 2.32. The average molecular weight is 329 g/mol. The minimum Gasteiger partial charge on any atom is -0.496 e. The Morgan fingerprint density at radius 1 is 1.16 bits per heavy atom. The van der Waals surface area contributed by atoms with Gasteiger partial charge in [-0.1, -0.05) is 6.07 Å². The van der Waals surface area contributed by atoms with Crippen LogP contribution >= 0.6 is 15.9 Å². The fourth-order valence-electron chi connectivity index (χ4n) is 1.78. The van der Waals surface area contributed by atoms with Crippen molar-refractivity contribution in [3.8, 4) is 5.75 Å². The molecule has 100 valence electrons. The lowest BCUT2D eigenvalue weighted by atomic mass is 10.0. The molecule has 0 aliphatic rings. The summed E-state index contributed by atoms with van der Waals surface area (Å²) >= 11 is 3.05. The van der Waals surface area contributed by atoms with Crippen LogP contribution in [0, 0.1) is 11.6 Å². The van der Waals surface area contributed by atoms with Gasteiger partial charge in [-0.25, -0.2) is 8.78 Å². The summed E-state index contributed by atoms with van der Waals surface area (Å²) in [7, 11) is 1.43. The highest BCUT2D eigenvalue weighted by atomic mass is 79.9. The predicted octanol–water partition coefficient (Wildman–Crippen LogP) is 3.82. The van der Waals surface area contributed by atoms with Crippen LogP contribution in [0.15, 0.2) is 40.9 Å². The van der Waals surface area contributed by atoms with Crippen LogP contribution in [0.5, 0.6) is 5.75 Å². The molecule has 1 N–H and O–H groups in total. The first-order chi connectivity index (χ1) is 9.02. The van der Waals surface area contributed by atoms with E-state index in [9.17, 15) is 13.9 Å². The van der Waals surface area contributed by atoms with Gasteiger partial charge >= 0.3 is 0 Å². The van der Waals surface area contributed by atoms with Crippen molar-refractivity contribution in [2.24, 2.45) is 0 Å². The molecule has 2 rings (SSSR count). The average Bonchev–Trinajstić information content (AvgIpc) is 2.41. The zero-order valence-electron chi connectivity index (χ0n) is 10.0. The van der Waals surface area contributed by atoms with E-state index in [-0.39, 0.29) is 4.47 Å². The summed E-state index contributed by atoms with van der Waals surface area (Å²) in [6, 6.07) is 8.00. The molecule has 0 aliphatic carbocycles. The van der Waals surface area contributed by atoms with E-state index >= 15 is 0 Å². The Kier molecular flexibility index (Phi) is 4.17. The van der Waals surface area contributed by atoms with Gasteiger partial charge in [0.25, 0.3) is 0 Å². The van der Waals surface area contributed by atoms with Crippen LogP contribution in [-0.2, 0) is 0 Å². The van der Waals surface area contributed by atoms with Crippen molar-refractivity contribution >= 4 is 15.9 Å². The second-order valence-corrected chi connectivity index (χ2v) is 4.82. The Labute approximate surface area is 117 Å². The SMILES string of the molecule is COc1ccc(F)cc1C(O)c1ccc(F)c(Br)c1. The number of methoxy groups -OCH3 is 1. The van der Waals surface area contributed by atoms with Crippen molar-refractivity contribution in [2.45, 2.75) is 6.10 Å². The molecule has 0 aromatic heterocycles. The van der Waals surface area contributed by atoms with Gasteiger partial charge in [0.2, 0.25) is 0 Å². The van der Waals surface area contributed by atoms with Crippen molar-refractivity contribution in [3.63, 3.8) is 0 Å². The van der Waals surface area contributed by atoms with Gasteiger partial charge in [0.05, 0.1) is 11.6 Å². The molecule has 0 fully saturated rings. The van der Waals surface area contributed by atoms with Crippen molar-refractivity contribution in [1.29, 1.82) is 0 Å². The van der Waals surface area contributed by atoms with Gasteiger partial charge in [-0.15, -0.1) is 0 Å². The van der Waals surface area contributed by atoms with Gasteiger partial charge in [0.15, 0.2) is 0 Å². The zero-order valence-corrected chi connectivity index (χ0v) is 11.6. The van der Waals surface area contributed by atoms with Crippen LogP contribution in [0.1, 0.15) is 17.2 Å². The predicted molar refractivity (Wildman–Crippen MR) is 71.1 cm³/mol. The molecule has 0 radical (unpaired) electrons. The molecule has 2 nitrogen and oxygen atoms in total. The van der Waals surface area contributed by atoms with E-state index in [1.807, 2.05) is 0 Å². The third-order valence-corrected chi connectivity index (χ3v) is 3.35. The molecule has 1 atom stereocenters. The topological polar surface area (TPSA) is 29.5 Å². The smallest absolute Gasteiger partial charge is 0.137 e. The Hall–Kier alpha value is -1.46. The molecule has 2 aromatic carbocycles. The van der Waals surface area contributed by atoms with Crippen molar-refractivity contribution in [1.82, 2.24) is 0 Å². The summed E-state index contributed by atoms with van der Waals surface area (Å²) in [4.78, 5) is 0. The van der Waals surface area contributed by atoms with Gasteiger partial charge in [0.1, 0.15) is 23.5 Å². The number of aliphatic hydroxyl groups excluding tert-OH is 1. The lowest BCUT2D eigenvalue weighted by molar-refractivity contribution is 0.214. The third kappa shape index (κ3) is 2.93. The highest BCUT2D eigenvalue weighted by Gasteiger charge is 2.17. The molecule has 0 saturated heterocycles. The Morgan fingerprint density at radius 3 is 2.53 bits per heavy atom. The van der Waals surface area contributed by atoms with Gasteiger partial charge in [-0.3, -0.25) is 0 Å². The van der Waals surface area contributed by atoms with E-state index in [2.05, 4.69) is 15.9 Å². The van der Waals surface area contributed by atoms with E-state index in [1.165, 1.54) is 43.5 Å². The lowest BCUT2D eigenvalue weighted by Gasteiger charge is -2.15. The molecule has 0 spiro atoms. The van der Waals surface area contributed by atoms with Gasteiger partial charge in [-0.05, 0) is 51.8 Å². The van der Waals surface area contributed by atoms with Crippen LogP contribution in [0.4, 0.5) is 8.78 Å². The zero-order chi connectivity index (χ0) is 14.0. The van der Waals surface area contributed by atoms with Crippen LogP contribution in [0.2, 0.25) is 0 Å². The molecule has 19 heavy (non-hydrogen) atoms. The number of aliphatic hydroxyl groups is 1. The summed E-state index contributed by atoms with van der Waals surface area (Å²) in [5, 5.41) is 10.3. The lowest BCUT2D eigenvalue weighted by Crippen LogP contribution is -2.03. The standard InChI is InChI=1S/C14H11BrF2O2/c1-19-13-5-3-9(16)7-10(13)14(18)8-2-4-12(17)11(15)6-8/h2-7,14,18H,1H3. The number of benzene rings is 2. The van der Waals surface area contributed by atoms with Crippen LogP contribution in [0.3, 0.4) is 0 Å². The fraction of sp³-hybridized carbons (Fsp3) is 0.143. The molecule has 0 aliphatic heterocycles. The maximum atomic E-state index is 13.3. The summed E-state index contributed by atoms with van der Waals surface area (Å²) in [6.45, 7) is 0. The normalized spacial score (nSPS) is 12.3. The summed E-state index contributed by atoms with van der Waals surface area (Å²) in [5.74, 6) is -0.535. The van der Waals surface area contributed by atoms with E-state index < -0.39 is 17.7 Å². The Morgan fingerprint density at radius 2 is 1.89 bits per heavy atom. The van der Waals surface area contributed by atoms with Crippen LogP contribution in [-0.4, -0.2) is 12.2 Å². The maximum Gasteiger partial charge on any atom is 0.137 e. The van der Waals surface area contributed by atoms with Crippen molar-refractivity contribution in [2.75, 3.05) is 7.11 Å². The van der Waals surface area contributed by atoms with Gasteiger partial charge in [0, 0.05) is 5.56 Å². The second-order valence-electron chi connectivity index (χ2n) is 3.96. The molecule has 5 heteroatoms. The third-order valence-electron chi connectivity index (χ3n) is 2.75. The second kappa shape index (κ2) is 5.67. The first kappa shape index (κ1) is 14.0. The number of hydrogen-bond acceptors (Lipinski definition) is 2.